The van der Waals surface area contributed by atoms with Crippen molar-refractivity contribution in [1.29, 1.82) is 0 Å². The van der Waals surface area contributed by atoms with Gasteiger partial charge in [-0.1, -0.05) is 0 Å². The van der Waals surface area contributed by atoms with Crippen molar-refractivity contribution in [3.8, 4) is 0 Å². The van der Waals surface area contributed by atoms with E-state index in [4.69, 9.17) is 9.52 Å². The Morgan fingerprint density at radius 2 is 2.00 bits per heavy atom. The lowest BCUT2D eigenvalue weighted by atomic mass is 10.1. The third-order valence-corrected chi connectivity index (χ3v) is 3.32. The van der Waals surface area contributed by atoms with E-state index in [1.807, 2.05) is 13.8 Å². The molecule has 0 unspecified atom stereocenters. The predicted octanol–water partition coefficient (Wildman–Crippen LogP) is 1.46. The molecule has 0 bridgehead atoms. The molecule has 2 rings (SSSR count). The number of aryl methyl sites for hydroxylation is 2. The monoisotopic (exact) mass is 223 g/mol. The van der Waals surface area contributed by atoms with Crippen LogP contribution in [0.25, 0.3) is 0 Å². The molecule has 0 aliphatic heterocycles. The van der Waals surface area contributed by atoms with Crippen LogP contribution in [0.3, 0.4) is 0 Å². The van der Waals surface area contributed by atoms with Gasteiger partial charge in [0.2, 0.25) is 0 Å². The van der Waals surface area contributed by atoms with Crippen LogP contribution >= 0.6 is 0 Å². The van der Waals surface area contributed by atoms with Gasteiger partial charge in [-0.25, -0.2) is 0 Å². The van der Waals surface area contributed by atoms with Gasteiger partial charge in [-0.05, 0) is 33.6 Å². The Morgan fingerprint density at radius 1 is 1.38 bits per heavy atom. The number of aliphatic hydroxyl groups excluding tert-OH is 1. The molecule has 0 atom stereocenters. The average molecular weight is 223 g/mol. The van der Waals surface area contributed by atoms with Crippen LogP contribution < -0.4 is 5.32 Å². The van der Waals surface area contributed by atoms with E-state index in [2.05, 4.69) is 5.32 Å². The Hall–Kier alpha value is -1.29. The standard InChI is InChI=1S/C12H17NO3/c1-7-8(2)16-9(3)10(7)11(15)13-12(6-14)4-5-12/h14H,4-6H2,1-3H3,(H,13,15). The topological polar surface area (TPSA) is 62.5 Å². The fourth-order valence-corrected chi connectivity index (χ4v) is 1.90. The van der Waals surface area contributed by atoms with Crippen LogP contribution in [-0.2, 0) is 0 Å². The predicted molar refractivity (Wildman–Crippen MR) is 59.4 cm³/mol. The first-order valence-electron chi connectivity index (χ1n) is 5.49. The largest absolute Gasteiger partial charge is 0.466 e. The number of rotatable bonds is 3. The molecule has 88 valence electrons. The van der Waals surface area contributed by atoms with Crippen molar-refractivity contribution in [3.63, 3.8) is 0 Å². The summed E-state index contributed by atoms with van der Waals surface area (Å²) in [4.78, 5) is 12.0. The summed E-state index contributed by atoms with van der Waals surface area (Å²) < 4.78 is 5.41. The molecule has 1 aromatic heterocycles. The zero-order chi connectivity index (χ0) is 11.9. The number of aliphatic hydroxyl groups is 1. The van der Waals surface area contributed by atoms with Crippen LogP contribution in [0, 0.1) is 20.8 Å². The maximum atomic E-state index is 12.0. The van der Waals surface area contributed by atoms with Crippen LogP contribution in [0.2, 0.25) is 0 Å². The molecule has 0 radical (unpaired) electrons. The minimum absolute atomic E-state index is 0.00761. The molecule has 1 amide bonds. The van der Waals surface area contributed by atoms with Crippen molar-refractivity contribution in [2.45, 2.75) is 39.2 Å². The molecule has 1 heterocycles. The summed E-state index contributed by atoms with van der Waals surface area (Å²) >= 11 is 0. The van der Waals surface area contributed by atoms with Gasteiger partial charge in [0.25, 0.3) is 5.91 Å². The van der Waals surface area contributed by atoms with Crippen molar-refractivity contribution in [2.24, 2.45) is 0 Å². The number of carbonyl (C=O) groups is 1. The normalized spacial score (nSPS) is 17.2. The van der Waals surface area contributed by atoms with Crippen molar-refractivity contribution in [1.82, 2.24) is 5.32 Å². The first kappa shape index (κ1) is 11.2. The zero-order valence-corrected chi connectivity index (χ0v) is 9.89. The Bertz CT molecular complexity index is 430. The molecule has 16 heavy (non-hydrogen) atoms. The summed E-state index contributed by atoms with van der Waals surface area (Å²) in [7, 11) is 0. The third kappa shape index (κ3) is 1.73. The average Bonchev–Trinajstić information content (AvgIpc) is 2.92. The van der Waals surface area contributed by atoms with E-state index in [-0.39, 0.29) is 18.1 Å². The molecular formula is C12H17NO3. The van der Waals surface area contributed by atoms with Gasteiger partial charge in [0.15, 0.2) is 0 Å². The molecule has 4 heteroatoms. The van der Waals surface area contributed by atoms with Gasteiger partial charge in [0.05, 0.1) is 17.7 Å². The first-order valence-corrected chi connectivity index (χ1v) is 5.49. The van der Waals surface area contributed by atoms with E-state index in [1.54, 1.807) is 6.92 Å². The quantitative estimate of drug-likeness (QED) is 0.815. The van der Waals surface area contributed by atoms with Crippen molar-refractivity contribution < 1.29 is 14.3 Å². The molecule has 1 aliphatic carbocycles. The maximum Gasteiger partial charge on any atom is 0.255 e. The Balaban J connectivity index is 2.21. The summed E-state index contributed by atoms with van der Waals surface area (Å²) in [5, 5.41) is 12.0. The van der Waals surface area contributed by atoms with Gasteiger partial charge >= 0.3 is 0 Å². The van der Waals surface area contributed by atoms with Crippen molar-refractivity contribution >= 4 is 5.91 Å². The number of hydrogen-bond acceptors (Lipinski definition) is 3. The third-order valence-electron chi connectivity index (χ3n) is 3.32. The number of amides is 1. The van der Waals surface area contributed by atoms with Crippen LogP contribution in [0.5, 0.6) is 0 Å². The highest BCUT2D eigenvalue weighted by atomic mass is 16.3. The van der Waals surface area contributed by atoms with E-state index < -0.39 is 0 Å². The van der Waals surface area contributed by atoms with Gasteiger partial charge < -0.3 is 14.8 Å². The molecule has 0 aromatic carbocycles. The molecule has 0 spiro atoms. The Kier molecular flexibility index (Phi) is 2.54. The number of hydrogen-bond donors (Lipinski definition) is 2. The second kappa shape index (κ2) is 3.63. The first-order chi connectivity index (χ1) is 7.49. The highest BCUT2D eigenvalue weighted by Crippen LogP contribution is 2.35. The molecule has 2 N–H and O–H groups in total. The summed E-state index contributed by atoms with van der Waals surface area (Å²) in [6.07, 6.45) is 1.70. The van der Waals surface area contributed by atoms with Crippen LogP contribution in [0.15, 0.2) is 4.42 Å². The smallest absolute Gasteiger partial charge is 0.255 e. The number of furan rings is 1. The van der Waals surface area contributed by atoms with Crippen LogP contribution in [0.4, 0.5) is 0 Å². The highest BCUT2D eigenvalue weighted by Gasteiger charge is 2.44. The van der Waals surface area contributed by atoms with E-state index in [9.17, 15) is 4.79 Å². The van der Waals surface area contributed by atoms with Gasteiger partial charge in [-0.15, -0.1) is 0 Å². The fourth-order valence-electron chi connectivity index (χ4n) is 1.90. The van der Waals surface area contributed by atoms with E-state index in [0.29, 0.717) is 11.3 Å². The molecule has 4 nitrogen and oxygen atoms in total. The second-order valence-corrected chi connectivity index (χ2v) is 4.61. The summed E-state index contributed by atoms with van der Waals surface area (Å²) in [6.45, 7) is 5.51. The molecular weight excluding hydrogens is 206 g/mol. The Labute approximate surface area is 94.6 Å². The number of nitrogens with one attached hydrogen (secondary N) is 1. The van der Waals surface area contributed by atoms with Crippen LogP contribution in [-0.4, -0.2) is 23.2 Å². The van der Waals surface area contributed by atoms with Crippen molar-refractivity contribution in [3.05, 3.63) is 22.6 Å². The molecule has 1 aliphatic rings. The summed E-state index contributed by atoms with van der Waals surface area (Å²) in [5.41, 5.74) is 1.11. The van der Waals surface area contributed by atoms with E-state index in [1.165, 1.54) is 0 Å². The van der Waals surface area contributed by atoms with Crippen LogP contribution in [0.1, 0.15) is 40.3 Å². The lowest BCUT2D eigenvalue weighted by Gasteiger charge is -2.14. The van der Waals surface area contributed by atoms with Gasteiger partial charge in [0.1, 0.15) is 11.5 Å². The van der Waals surface area contributed by atoms with E-state index in [0.717, 1.165) is 24.2 Å². The maximum absolute atomic E-state index is 12.0. The molecule has 1 fully saturated rings. The minimum Gasteiger partial charge on any atom is -0.466 e. The SMILES string of the molecule is Cc1oc(C)c(C(=O)NC2(CO)CC2)c1C. The van der Waals surface area contributed by atoms with Crippen molar-refractivity contribution in [2.75, 3.05) is 6.61 Å². The van der Waals surface area contributed by atoms with E-state index >= 15 is 0 Å². The number of carbonyl (C=O) groups excluding carboxylic acids is 1. The molecule has 1 aromatic rings. The zero-order valence-electron chi connectivity index (χ0n) is 9.89. The molecule has 0 saturated heterocycles. The fraction of sp³-hybridized carbons (Fsp3) is 0.583. The highest BCUT2D eigenvalue weighted by molar-refractivity contribution is 5.97. The van der Waals surface area contributed by atoms with Gasteiger partial charge in [-0.3, -0.25) is 4.79 Å². The summed E-state index contributed by atoms with van der Waals surface area (Å²) in [6, 6.07) is 0. The lowest BCUT2D eigenvalue weighted by molar-refractivity contribution is 0.0904. The Morgan fingerprint density at radius 3 is 2.38 bits per heavy atom. The lowest BCUT2D eigenvalue weighted by Crippen LogP contribution is -2.39. The van der Waals surface area contributed by atoms with Gasteiger partial charge in [-0.2, -0.15) is 0 Å². The molecule has 1 saturated carbocycles. The second-order valence-electron chi connectivity index (χ2n) is 4.61. The minimum atomic E-state index is -0.374. The summed E-state index contributed by atoms with van der Waals surface area (Å²) in [5.74, 6) is 1.27. The van der Waals surface area contributed by atoms with Gasteiger partial charge in [0, 0.05) is 5.56 Å².